The lowest BCUT2D eigenvalue weighted by atomic mass is 9.78. The van der Waals surface area contributed by atoms with Gasteiger partial charge in [0.05, 0.1) is 5.70 Å². The third kappa shape index (κ3) is 4.76. The van der Waals surface area contributed by atoms with Gasteiger partial charge in [0.25, 0.3) is 0 Å². The van der Waals surface area contributed by atoms with Gasteiger partial charge in [-0.05, 0) is 87.0 Å². The Morgan fingerprint density at radius 1 is 1.09 bits per heavy atom. The van der Waals surface area contributed by atoms with E-state index >= 15 is 0 Å². The van der Waals surface area contributed by atoms with Gasteiger partial charge < -0.3 is 15.5 Å². The second-order valence-electron chi connectivity index (χ2n) is 8.77. The summed E-state index contributed by atoms with van der Waals surface area (Å²) in [5, 5.41) is 12.2. The van der Waals surface area contributed by atoms with Crippen molar-refractivity contribution >= 4 is 17.5 Å². The molecule has 0 saturated carbocycles. The Balaban J connectivity index is 1.70. The Bertz CT molecular complexity index is 1030. The summed E-state index contributed by atoms with van der Waals surface area (Å²) in [7, 11) is 0. The third-order valence-corrected chi connectivity index (χ3v) is 6.68. The molecule has 0 spiro atoms. The Hall–Kier alpha value is -2.98. The van der Waals surface area contributed by atoms with Crippen molar-refractivity contribution in [3.05, 3.63) is 77.5 Å². The number of nitrogens with one attached hydrogen (secondary N) is 2. The molecular weight excluding hydrogens is 394 g/mol. The lowest BCUT2D eigenvalue weighted by Crippen LogP contribution is -2.24. The van der Waals surface area contributed by atoms with Crippen molar-refractivity contribution in [2.45, 2.75) is 33.6 Å². The van der Waals surface area contributed by atoms with Crippen molar-refractivity contribution in [3.63, 3.8) is 0 Å². The van der Waals surface area contributed by atoms with Crippen molar-refractivity contribution < 1.29 is 4.74 Å². The number of hydrogen-bond acceptors (Lipinski definition) is 4. The SMILES string of the molecule is CC=NC1=C(C(C)=N)C(c2ccc(Oc3ccccc3)cc2)=CCC(C2CCNC2)C1C. The average Bonchev–Trinajstić information content (AvgIpc) is 3.28. The number of nitrogens with zero attached hydrogens (tertiary/aromatic N) is 1. The second kappa shape index (κ2) is 10.1. The molecule has 4 rings (SSSR count). The van der Waals surface area contributed by atoms with Gasteiger partial charge in [-0.3, -0.25) is 4.99 Å². The summed E-state index contributed by atoms with van der Waals surface area (Å²) in [6.07, 6.45) is 6.44. The molecular formula is C28H33N3O. The van der Waals surface area contributed by atoms with Gasteiger partial charge in [0.1, 0.15) is 11.5 Å². The number of hydrogen-bond donors (Lipinski definition) is 2. The maximum absolute atomic E-state index is 8.62. The summed E-state index contributed by atoms with van der Waals surface area (Å²) < 4.78 is 5.98. The molecule has 2 aliphatic rings. The minimum absolute atomic E-state index is 0.306. The quantitative estimate of drug-likeness (QED) is 0.516. The van der Waals surface area contributed by atoms with E-state index in [2.05, 4.69) is 30.4 Å². The highest BCUT2D eigenvalue weighted by molar-refractivity contribution is 6.11. The molecule has 1 aliphatic heterocycles. The predicted molar refractivity (Wildman–Crippen MR) is 134 cm³/mol. The van der Waals surface area contributed by atoms with Gasteiger partial charge in [-0.25, -0.2) is 0 Å². The molecule has 0 aromatic heterocycles. The van der Waals surface area contributed by atoms with E-state index in [9.17, 15) is 0 Å². The standard InChI is InChI=1S/C28H33N3O/c1-4-31-28-19(2)25(22-16-17-30-18-22)14-15-26(27(28)20(3)29)21-10-12-24(13-11-21)32-23-8-6-5-7-9-23/h4-13,15,19,22,25,29-30H,14,16-18H2,1-3H3. The first-order valence-corrected chi connectivity index (χ1v) is 11.6. The highest BCUT2D eigenvalue weighted by Crippen LogP contribution is 2.42. The molecule has 32 heavy (non-hydrogen) atoms. The number of rotatable bonds is 6. The molecule has 2 aromatic carbocycles. The van der Waals surface area contributed by atoms with Crippen LogP contribution >= 0.6 is 0 Å². The van der Waals surface area contributed by atoms with E-state index < -0.39 is 0 Å². The number of ether oxygens (including phenoxy) is 1. The van der Waals surface area contributed by atoms with Gasteiger partial charge in [-0.2, -0.15) is 0 Å². The van der Waals surface area contributed by atoms with Crippen LogP contribution in [-0.2, 0) is 0 Å². The molecule has 2 aromatic rings. The minimum atomic E-state index is 0.306. The Morgan fingerprint density at radius 2 is 1.81 bits per heavy atom. The van der Waals surface area contributed by atoms with E-state index in [4.69, 9.17) is 15.1 Å². The number of allylic oxidation sites excluding steroid dienone is 4. The predicted octanol–water partition coefficient (Wildman–Crippen LogP) is 6.51. The average molecular weight is 428 g/mol. The van der Waals surface area contributed by atoms with E-state index in [0.717, 1.165) is 53.4 Å². The zero-order valence-electron chi connectivity index (χ0n) is 19.3. The second-order valence-corrected chi connectivity index (χ2v) is 8.77. The van der Waals surface area contributed by atoms with Gasteiger partial charge in [0.15, 0.2) is 0 Å². The van der Waals surface area contributed by atoms with Gasteiger partial charge in [0, 0.05) is 23.4 Å². The maximum atomic E-state index is 8.62. The summed E-state index contributed by atoms with van der Waals surface area (Å²) >= 11 is 0. The van der Waals surface area contributed by atoms with E-state index in [1.54, 1.807) is 0 Å². The number of benzene rings is 2. The molecule has 1 aliphatic carbocycles. The van der Waals surface area contributed by atoms with Crippen LogP contribution in [0.5, 0.6) is 11.5 Å². The Morgan fingerprint density at radius 3 is 2.44 bits per heavy atom. The number of aliphatic imine (C=N–C) groups is 1. The van der Waals surface area contributed by atoms with Gasteiger partial charge in [0.2, 0.25) is 0 Å². The van der Waals surface area contributed by atoms with Crippen LogP contribution < -0.4 is 10.1 Å². The summed E-state index contributed by atoms with van der Waals surface area (Å²) in [4.78, 5) is 4.83. The molecule has 4 nitrogen and oxygen atoms in total. The van der Waals surface area contributed by atoms with Crippen LogP contribution in [0.3, 0.4) is 0 Å². The lowest BCUT2D eigenvalue weighted by Gasteiger charge is -2.28. The fraction of sp³-hybridized carbons (Fsp3) is 0.357. The minimum Gasteiger partial charge on any atom is -0.457 e. The van der Waals surface area contributed by atoms with Crippen LogP contribution in [0.25, 0.3) is 5.57 Å². The summed E-state index contributed by atoms with van der Waals surface area (Å²) in [5.41, 5.74) is 4.81. The molecule has 1 saturated heterocycles. The molecule has 0 amide bonds. The number of para-hydroxylation sites is 1. The Kier molecular flexibility index (Phi) is 7.01. The monoisotopic (exact) mass is 427 g/mol. The zero-order valence-corrected chi connectivity index (χ0v) is 19.3. The van der Waals surface area contributed by atoms with Crippen molar-refractivity contribution in [3.8, 4) is 11.5 Å². The van der Waals surface area contributed by atoms with Crippen LogP contribution in [0, 0.1) is 23.2 Å². The van der Waals surface area contributed by atoms with E-state index in [0.29, 0.717) is 23.5 Å². The van der Waals surface area contributed by atoms with Crippen molar-refractivity contribution in [1.82, 2.24) is 5.32 Å². The molecule has 166 valence electrons. The molecule has 0 radical (unpaired) electrons. The summed E-state index contributed by atoms with van der Waals surface area (Å²) in [6.45, 7) is 8.31. The van der Waals surface area contributed by atoms with Crippen molar-refractivity contribution in [2.75, 3.05) is 13.1 Å². The van der Waals surface area contributed by atoms with E-state index in [-0.39, 0.29) is 0 Å². The first kappa shape index (κ1) is 22.2. The maximum Gasteiger partial charge on any atom is 0.127 e. The molecule has 4 heteroatoms. The molecule has 1 fully saturated rings. The largest absolute Gasteiger partial charge is 0.457 e. The molecule has 3 unspecified atom stereocenters. The van der Waals surface area contributed by atoms with Gasteiger partial charge >= 0.3 is 0 Å². The normalized spacial score (nSPS) is 23.8. The van der Waals surface area contributed by atoms with Gasteiger partial charge in [-0.15, -0.1) is 0 Å². The lowest BCUT2D eigenvalue weighted by molar-refractivity contribution is 0.285. The molecule has 3 atom stereocenters. The molecule has 2 N–H and O–H groups in total. The van der Waals surface area contributed by atoms with E-state index in [1.807, 2.05) is 62.5 Å². The first-order valence-electron chi connectivity index (χ1n) is 11.6. The first-order chi connectivity index (χ1) is 15.6. The van der Waals surface area contributed by atoms with Crippen LogP contribution in [0.4, 0.5) is 0 Å². The van der Waals surface area contributed by atoms with Crippen molar-refractivity contribution in [2.24, 2.45) is 22.7 Å². The smallest absolute Gasteiger partial charge is 0.127 e. The fourth-order valence-corrected chi connectivity index (χ4v) is 5.08. The summed E-state index contributed by atoms with van der Waals surface area (Å²) in [6, 6.07) is 18.0. The van der Waals surface area contributed by atoms with E-state index in [1.165, 1.54) is 6.42 Å². The van der Waals surface area contributed by atoms with Crippen molar-refractivity contribution in [1.29, 1.82) is 5.41 Å². The molecule has 1 heterocycles. The molecule has 0 bridgehead atoms. The van der Waals surface area contributed by atoms with Crippen LogP contribution in [0.1, 0.15) is 39.2 Å². The fourth-order valence-electron chi connectivity index (χ4n) is 5.08. The van der Waals surface area contributed by atoms with Crippen LogP contribution in [0.15, 0.2) is 76.9 Å². The van der Waals surface area contributed by atoms with Crippen LogP contribution in [-0.4, -0.2) is 25.0 Å². The zero-order chi connectivity index (χ0) is 22.5. The van der Waals surface area contributed by atoms with Gasteiger partial charge in [-0.1, -0.05) is 43.3 Å². The summed E-state index contributed by atoms with van der Waals surface area (Å²) in [5.74, 6) is 3.11. The highest BCUT2D eigenvalue weighted by Gasteiger charge is 2.34. The highest BCUT2D eigenvalue weighted by atomic mass is 16.5. The third-order valence-electron chi connectivity index (χ3n) is 6.68. The Labute approximate surface area is 191 Å². The van der Waals surface area contributed by atoms with Crippen LogP contribution in [0.2, 0.25) is 0 Å². The topological polar surface area (TPSA) is 57.5 Å².